The van der Waals surface area contributed by atoms with Crippen LogP contribution in [0.4, 0.5) is 0 Å². The molecule has 0 aliphatic heterocycles. The van der Waals surface area contributed by atoms with E-state index in [0.717, 1.165) is 0 Å². The third-order valence-corrected chi connectivity index (χ3v) is 0.516. The average Bonchev–Trinajstić information content (AvgIpc) is 2.40. The fourth-order valence-corrected chi connectivity index (χ4v) is 0. The Hall–Kier alpha value is -2.06. The maximum Gasteiger partial charge on any atom is 4.00 e. The van der Waals surface area contributed by atoms with E-state index in [0.29, 0.717) is 0 Å². The summed E-state index contributed by atoms with van der Waals surface area (Å²) in [5.41, 5.74) is 0. The molecule has 0 aromatic rings. The van der Waals surface area contributed by atoms with Crippen LogP contribution in [0.3, 0.4) is 0 Å². The number of hydrogen-bond acceptors (Lipinski definition) is 12. The zero-order chi connectivity index (χ0) is 17.1. The van der Waals surface area contributed by atoms with Crippen LogP contribution in [0.5, 0.6) is 0 Å². The molecule has 0 aliphatic carbocycles. The summed E-state index contributed by atoms with van der Waals surface area (Å²) in [5.74, 6) is -5.76. The molecule has 0 heterocycles. The van der Waals surface area contributed by atoms with Crippen LogP contribution in [-0.2, 0) is 19.2 Å². The Kier molecular flexibility index (Phi) is 39.6. The van der Waals surface area contributed by atoms with Crippen LogP contribution in [-0.4, -0.2) is 81.7 Å². The molecule has 0 aliphatic rings. The van der Waals surface area contributed by atoms with Crippen molar-refractivity contribution >= 4 is 34.8 Å². The van der Waals surface area contributed by atoms with Crippen LogP contribution in [0, 0.1) is 0 Å². The standard InChI is InChI=1S/4C2H4O3.Si/c4*3-1-2(4)5;/h4*3H,1H2,(H,4,5);/q;;;;+4/p-4. The number of carboxylic acids is 4. The molecule has 0 saturated carbocycles. The van der Waals surface area contributed by atoms with Crippen molar-refractivity contribution in [1.82, 2.24) is 0 Å². The van der Waals surface area contributed by atoms with Gasteiger partial charge in [0.25, 0.3) is 0 Å². The monoisotopic (exact) mass is 328 g/mol. The third kappa shape index (κ3) is 129. The largest absolute Gasteiger partial charge is 4.00 e. The molecule has 0 aromatic heterocycles. The van der Waals surface area contributed by atoms with Crippen LogP contribution in [0.2, 0.25) is 0 Å². The van der Waals surface area contributed by atoms with E-state index >= 15 is 0 Å². The Balaban J connectivity index is -0.0000000533. The third-order valence-electron chi connectivity index (χ3n) is 0.516. The zero-order valence-electron chi connectivity index (χ0n) is 10.4. The van der Waals surface area contributed by atoms with Gasteiger partial charge in [0.2, 0.25) is 0 Å². The maximum absolute atomic E-state index is 9.01. The van der Waals surface area contributed by atoms with Crippen molar-refractivity contribution < 1.29 is 60.0 Å². The predicted octanol–water partition coefficient (Wildman–Crippen LogP) is -9.47. The van der Waals surface area contributed by atoms with Crippen molar-refractivity contribution in [2.45, 2.75) is 0 Å². The van der Waals surface area contributed by atoms with Crippen molar-refractivity contribution in [3.63, 3.8) is 0 Å². The van der Waals surface area contributed by atoms with Crippen LogP contribution in [0.25, 0.3) is 0 Å². The summed E-state index contributed by atoms with van der Waals surface area (Å²) in [4.78, 5) is 36.0. The first-order valence-corrected chi connectivity index (χ1v) is 4.31. The number of rotatable bonds is 4. The first-order valence-electron chi connectivity index (χ1n) is 4.31. The van der Waals surface area contributed by atoms with Crippen LogP contribution >= 0.6 is 0 Å². The molecule has 4 N–H and O–H groups in total. The minimum Gasteiger partial charge on any atom is -0.548 e. The minimum absolute atomic E-state index is 0. The molecule has 12 nitrogen and oxygen atoms in total. The SMILES string of the molecule is O=C([O-])CO.O=C([O-])CO.O=C([O-])CO.O=C([O-])CO.[Si+4]. The van der Waals surface area contributed by atoms with Crippen molar-refractivity contribution in [3.05, 3.63) is 0 Å². The quantitative estimate of drug-likeness (QED) is 0.351. The molecule has 13 heteroatoms. The Morgan fingerprint density at radius 2 is 0.571 bits per heavy atom. The van der Waals surface area contributed by atoms with E-state index in [4.69, 9.17) is 60.0 Å². The van der Waals surface area contributed by atoms with Gasteiger partial charge in [-0.25, -0.2) is 0 Å². The van der Waals surface area contributed by atoms with Gasteiger partial charge in [0.05, 0.1) is 50.3 Å². The van der Waals surface area contributed by atoms with E-state index in [9.17, 15) is 0 Å². The molecular formula is C8H12O12Si. The van der Waals surface area contributed by atoms with Gasteiger partial charge in [-0.2, -0.15) is 0 Å². The fourth-order valence-electron chi connectivity index (χ4n) is 0. The Morgan fingerprint density at radius 1 is 0.524 bits per heavy atom. The minimum atomic E-state index is -1.44. The molecule has 0 unspecified atom stereocenters. The molecule has 0 spiro atoms. The summed E-state index contributed by atoms with van der Waals surface area (Å²) in [6, 6.07) is 0. The van der Waals surface area contributed by atoms with Gasteiger partial charge in [0.15, 0.2) is 0 Å². The summed E-state index contributed by atoms with van der Waals surface area (Å²) in [7, 11) is 0. The second kappa shape index (κ2) is 26.5. The van der Waals surface area contributed by atoms with Gasteiger partial charge in [-0.15, -0.1) is 0 Å². The molecule has 0 aromatic carbocycles. The topological polar surface area (TPSA) is 241 Å². The Labute approximate surface area is 122 Å². The molecule has 21 heavy (non-hydrogen) atoms. The van der Waals surface area contributed by atoms with Gasteiger partial charge in [0, 0.05) is 0 Å². The predicted molar refractivity (Wildman–Crippen MR) is 54.1 cm³/mol. The normalized spacial score (nSPS) is 7.05. The number of aliphatic hydroxyl groups is 4. The van der Waals surface area contributed by atoms with Crippen molar-refractivity contribution in [2.75, 3.05) is 26.4 Å². The van der Waals surface area contributed by atoms with Crippen LogP contribution in [0.15, 0.2) is 0 Å². The Bertz CT molecular complexity index is 222. The van der Waals surface area contributed by atoms with Crippen molar-refractivity contribution in [1.29, 1.82) is 0 Å². The van der Waals surface area contributed by atoms with E-state index < -0.39 is 50.3 Å². The summed E-state index contributed by atoms with van der Waals surface area (Å²) < 4.78 is 0. The van der Waals surface area contributed by atoms with Crippen molar-refractivity contribution in [3.8, 4) is 0 Å². The van der Waals surface area contributed by atoms with Crippen molar-refractivity contribution in [2.24, 2.45) is 0 Å². The first kappa shape index (κ1) is 31.4. The Morgan fingerprint density at radius 3 is 0.571 bits per heavy atom. The van der Waals surface area contributed by atoms with E-state index in [1.165, 1.54) is 0 Å². The number of carboxylic acid groups (broad SMARTS) is 4. The van der Waals surface area contributed by atoms with Crippen LogP contribution in [0.1, 0.15) is 0 Å². The second-order valence-electron chi connectivity index (χ2n) is 2.12. The fraction of sp³-hybridized carbons (Fsp3) is 0.500. The molecule has 0 bridgehead atoms. The number of carbonyl (C=O) groups excluding carboxylic acids is 4. The molecule has 0 atom stereocenters. The average molecular weight is 328 g/mol. The van der Waals surface area contributed by atoms with Gasteiger partial charge in [-0.3, -0.25) is 0 Å². The first-order chi connectivity index (χ1) is 9.08. The number of aliphatic carboxylic acids is 4. The summed E-state index contributed by atoms with van der Waals surface area (Å²) in [6.45, 7) is -3.56. The van der Waals surface area contributed by atoms with Gasteiger partial charge in [-0.1, -0.05) is 0 Å². The second-order valence-corrected chi connectivity index (χ2v) is 2.12. The molecule has 0 fully saturated rings. The number of hydrogen-bond donors (Lipinski definition) is 4. The smallest absolute Gasteiger partial charge is 0.548 e. The van der Waals surface area contributed by atoms with E-state index in [-0.39, 0.29) is 11.0 Å². The summed E-state index contributed by atoms with van der Waals surface area (Å²) in [6.07, 6.45) is 0. The molecule has 0 rings (SSSR count). The van der Waals surface area contributed by atoms with E-state index in [2.05, 4.69) is 0 Å². The van der Waals surface area contributed by atoms with Gasteiger partial charge in [-0.05, 0) is 0 Å². The summed E-state index contributed by atoms with van der Waals surface area (Å²) >= 11 is 0. The molecular weight excluding hydrogens is 316 g/mol. The van der Waals surface area contributed by atoms with Crippen LogP contribution < -0.4 is 20.4 Å². The molecule has 0 amide bonds. The van der Waals surface area contributed by atoms with Gasteiger partial charge in [0.1, 0.15) is 0 Å². The molecule has 120 valence electrons. The number of carbonyl (C=O) groups is 4. The van der Waals surface area contributed by atoms with E-state index in [1.807, 2.05) is 0 Å². The van der Waals surface area contributed by atoms with Gasteiger partial charge < -0.3 is 60.0 Å². The van der Waals surface area contributed by atoms with E-state index in [1.54, 1.807) is 0 Å². The zero-order valence-corrected chi connectivity index (χ0v) is 11.4. The maximum atomic E-state index is 9.01. The summed E-state index contributed by atoms with van der Waals surface area (Å²) in [5, 5.41) is 66.0. The number of aliphatic hydroxyl groups excluding tert-OH is 4. The molecule has 0 saturated heterocycles. The molecule has 0 radical (unpaired) electrons. The van der Waals surface area contributed by atoms with Gasteiger partial charge >= 0.3 is 11.0 Å².